The molecule has 4 aromatic rings. The zero-order chi connectivity index (χ0) is 32.9. The van der Waals surface area contributed by atoms with Gasteiger partial charge < -0.3 is 20.9 Å². The lowest BCUT2D eigenvalue weighted by molar-refractivity contribution is 0.484. The average molecular weight is 635 g/mol. The van der Waals surface area contributed by atoms with Crippen molar-refractivity contribution in [3.8, 4) is 23.0 Å². The molecule has 47 heavy (non-hydrogen) atoms. The summed E-state index contributed by atoms with van der Waals surface area (Å²) < 4.78 is 12.1. The van der Waals surface area contributed by atoms with Crippen LogP contribution in [0, 0.1) is 0 Å². The summed E-state index contributed by atoms with van der Waals surface area (Å²) in [4.78, 5) is 0. The molecule has 0 aromatic heterocycles. The molecule has 4 heteroatoms. The summed E-state index contributed by atoms with van der Waals surface area (Å²) in [7, 11) is 0. The molecule has 4 nitrogen and oxygen atoms in total. The molecule has 4 aromatic carbocycles. The average Bonchev–Trinajstić information content (AvgIpc) is 3.09. The molecule has 0 amide bonds. The van der Waals surface area contributed by atoms with Crippen molar-refractivity contribution in [3.05, 3.63) is 108 Å². The van der Waals surface area contributed by atoms with Gasteiger partial charge >= 0.3 is 0 Å². The maximum absolute atomic E-state index is 6.10. The molecule has 0 bridgehead atoms. The first kappa shape index (κ1) is 35.9. The van der Waals surface area contributed by atoms with Crippen LogP contribution in [0.15, 0.2) is 97.1 Å². The van der Waals surface area contributed by atoms with Crippen LogP contribution in [0.5, 0.6) is 23.0 Å². The number of para-hydroxylation sites is 4. The van der Waals surface area contributed by atoms with Gasteiger partial charge in [0, 0.05) is 5.92 Å². The van der Waals surface area contributed by atoms with Gasteiger partial charge in [-0.2, -0.15) is 0 Å². The molecule has 0 saturated heterocycles. The van der Waals surface area contributed by atoms with Gasteiger partial charge in [-0.05, 0) is 66.1 Å². The fraction of sp³-hybridized carbons (Fsp3) is 0.442. The van der Waals surface area contributed by atoms with Gasteiger partial charge in [0.15, 0.2) is 0 Å². The number of hydrogen-bond acceptors (Lipinski definition) is 4. The Morgan fingerprint density at radius 2 is 0.766 bits per heavy atom. The zero-order valence-corrected chi connectivity index (χ0v) is 28.8. The van der Waals surface area contributed by atoms with Crippen molar-refractivity contribution in [2.75, 3.05) is 11.5 Å². The van der Waals surface area contributed by atoms with E-state index in [0.717, 1.165) is 17.9 Å². The van der Waals surface area contributed by atoms with Crippen LogP contribution in [0.1, 0.15) is 133 Å². The molecule has 0 spiro atoms. The van der Waals surface area contributed by atoms with Crippen LogP contribution in [0.25, 0.3) is 0 Å². The first-order valence-electron chi connectivity index (χ1n) is 18.4. The van der Waals surface area contributed by atoms with E-state index in [1.54, 1.807) is 0 Å². The number of ether oxygens (including phenoxy) is 2. The number of nitrogens with two attached hydrogens (primary N) is 2. The smallest absolute Gasteiger partial charge is 0.150 e. The third kappa shape index (κ3) is 13.0. The largest absolute Gasteiger partial charge is 0.455 e. The minimum Gasteiger partial charge on any atom is -0.455 e. The van der Waals surface area contributed by atoms with Crippen LogP contribution < -0.4 is 20.9 Å². The maximum atomic E-state index is 6.10. The first-order valence-corrected chi connectivity index (χ1v) is 18.4. The summed E-state index contributed by atoms with van der Waals surface area (Å²) in [6.45, 7) is 2.29. The number of benzene rings is 4. The number of nitrogen functional groups attached to an aromatic ring is 2. The second kappa shape index (κ2) is 21.1. The van der Waals surface area contributed by atoms with Crippen LogP contribution in [0.4, 0.5) is 11.4 Å². The summed E-state index contributed by atoms with van der Waals surface area (Å²) in [5, 5.41) is 0. The van der Waals surface area contributed by atoms with Crippen LogP contribution >= 0.6 is 0 Å². The van der Waals surface area contributed by atoms with Gasteiger partial charge in [0.05, 0.1) is 11.4 Å². The Kier molecular flexibility index (Phi) is 16.1. The van der Waals surface area contributed by atoms with Crippen molar-refractivity contribution in [2.24, 2.45) is 0 Å². The van der Waals surface area contributed by atoms with E-state index in [1.165, 1.54) is 114 Å². The van der Waals surface area contributed by atoms with Crippen molar-refractivity contribution in [3.63, 3.8) is 0 Å². The molecule has 4 N–H and O–H groups in total. The molecular formula is C43H58N2O2. The van der Waals surface area contributed by atoms with Crippen molar-refractivity contribution in [1.82, 2.24) is 0 Å². The molecule has 0 heterocycles. The standard InChI is InChI=1S/C43H58N2O2/c1-2-3-4-5-6-7-8-9-10-11-12-13-14-15-16-17-22-39(35-27-31-37(32-28-35)46-42-25-20-18-23-40(42)44)36-29-33-38(34-30-36)47-43-26-21-19-24-41(43)45/h18-21,23-34,39H,2-17,22,44-45H2,1H3. The van der Waals surface area contributed by atoms with E-state index < -0.39 is 0 Å². The minimum atomic E-state index is 0.299. The Labute approximate surface area is 284 Å². The zero-order valence-electron chi connectivity index (χ0n) is 28.8. The van der Waals surface area contributed by atoms with Gasteiger partial charge in [0.2, 0.25) is 0 Å². The Morgan fingerprint density at radius 1 is 0.426 bits per heavy atom. The minimum absolute atomic E-state index is 0.299. The predicted molar refractivity (Wildman–Crippen MR) is 201 cm³/mol. The van der Waals surface area contributed by atoms with Crippen LogP contribution in [0.2, 0.25) is 0 Å². The van der Waals surface area contributed by atoms with Crippen LogP contribution in [-0.4, -0.2) is 0 Å². The van der Waals surface area contributed by atoms with Gasteiger partial charge in [-0.3, -0.25) is 0 Å². The molecule has 4 rings (SSSR count). The summed E-state index contributed by atoms with van der Waals surface area (Å²) >= 11 is 0. The van der Waals surface area contributed by atoms with Gasteiger partial charge in [0.1, 0.15) is 23.0 Å². The lowest BCUT2D eigenvalue weighted by Crippen LogP contribution is -2.02. The van der Waals surface area contributed by atoms with E-state index in [9.17, 15) is 0 Å². The van der Waals surface area contributed by atoms with E-state index in [1.807, 2.05) is 48.5 Å². The molecule has 0 unspecified atom stereocenters. The number of rotatable bonds is 23. The van der Waals surface area contributed by atoms with E-state index in [2.05, 4.69) is 55.5 Å². The molecule has 252 valence electrons. The molecule has 0 fully saturated rings. The molecule has 0 aliphatic rings. The van der Waals surface area contributed by atoms with E-state index in [4.69, 9.17) is 20.9 Å². The fourth-order valence-corrected chi connectivity index (χ4v) is 6.36. The monoisotopic (exact) mass is 634 g/mol. The van der Waals surface area contributed by atoms with Crippen LogP contribution in [0.3, 0.4) is 0 Å². The number of unbranched alkanes of at least 4 members (excludes halogenated alkanes) is 15. The maximum Gasteiger partial charge on any atom is 0.150 e. The van der Waals surface area contributed by atoms with Crippen molar-refractivity contribution >= 4 is 11.4 Å². The molecular weight excluding hydrogens is 576 g/mol. The first-order chi connectivity index (χ1) is 23.1. The highest BCUT2D eigenvalue weighted by atomic mass is 16.5. The summed E-state index contributed by atoms with van der Waals surface area (Å²) in [5.41, 5.74) is 16.1. The van der Waals surface area contributed by atoms with Gasteiger partial charge in [-0.15, -0.1) is 0 Å². The fourth-order valence-electron chi connectivity index (χ4n) is 6.36. The summed E-state index contributed by atoms with van der Waals surface area (Å²) in [6.07, 6.45) is 23.2. The van der Waals surface area contributed by atoms with Gasteiger partial charge in [-0.25, -0.2) is 0 Å². The predicted octanol–water partition coefficient (Wildman–Crippen LogP) is 13.2. The quantitative estimate of drug-likeness (QED) is 0.0629. The summed E-state index contributed by atoms with van der Waals surface area (Å²) in [6, 6.07) is 32.2. The molecule has 0 aliphatic heterocycles. The SMILES string of the molecule is CCCCCCCCCCCCCCCCCCC(c1ccc(Oc2ccccc2N)cc1)c1ccc(Oc2ccccc2N)cc1. The van der Waals surface area contributed by atoms with E-state index >= 15 is 0 Å². The summed E-state index contributed by atoms with van der Waals surface area (Å²) in [5.74, 6) is 3.24. The Bertz CT molecular complexity index is 1310. The molecule has 0 atom stereocenters. The van der Waals surface area contributed by atoms with E-state index in [-0.39, 0.29) is 0 Å². The third-order valence-electron chi connectivity index (χ3n) is 9.20. The second-order valence-corrected chi connectivity index (χ2v) is 13.1. The van der Waals surface area contributed by atoms with Crippen molar-refractivity contribution < 1.29 is 9.47 Å². The normalized spacial score (nSPS) is 11.2. The highest BCUT2D eigenvalue weighted by molar-refractivity contribution is 5.54. The third-order valence-corrected chi connectivity index (χ3v) is 9.20. The Morgan fingerprint density at radius 3 is 1.13 bits per heavy atom. The Hall–Kier alpha value is -3.92. The molecule has 0 saturated carbocycles. The lowest BCUT2D eigenvalue weighted by atomic mass is 9.86. The highest BCUT2D eigenvalue weighted by Gasteiger charge is 2.15. The van der Waals surface area contributed by atoms with Gasteiger partial charge in [0.25, 0.3) is 0 Å². The van der Waals surface area contributed by atoms with E-state index in [0.29, 0.717) is 28.8 Å². The molecule has 0 aliphatic carbocycles. The van der Waals surface area contributed by atoms with Crippen molar-refractivity contribution in [1.29, 1.82) is 0 Å². The topological polar surface area (TPSA) is 70.5 Å². The second-order valence-electron chi connectivity index (χ2n) is 13.1. The number of hydrogen-bond donors (Lipinski definition) is 2. The Balaban J connectivity index is 1.24. The van der Waals surface area contributed by atoms with Crippen LogP contribution in [-0.2, 0) is 0 Å². The van der Waals surface area contributed by atoms with Crippen molar-refractivity contribution in [2.45, 2.75) is 122 Å². The van der Waals surface area contributed by atoms with Gasteiger partial charge in [-0.1, -0.05) is 158 Å². The molecule has 0 radical (unpaired) electrons. The lowest BCUT2D eigenvalue weighted by Gasteiger charge is -2.19. The number of anilines is 2. The highest BCUT2D eigenvalue weighted by Crippen LogP contribution is 2.35.